The van der Waals surface area contributed by atoms with E-state index < -0.39 is 29.9 Å². The lowest BCUT2D eigenvalue weighted by Crippen LogP contribution is -2.49. The van der Waals surface area contributed by atoms with Crippen molar-refractivity contribution in [2.45, 2.75) is 51.2 Å². The van der Waals surface area contributed by atoms with Crippen LogP contribution in [-0.4, -0.2) is 51.6 Å². The van der Waals surface area contributed by atoms with Gasteiger partial charge >= 0.3 is 0 Å². The van der Waals surface area contributed by atoms with Gasteiger partial charge in [0.2, 0.25) is 11.8 Å². The molecular weight excluding hydrogens is 435 g/mol. The first kappa shape index (κ1) is 23.8. The van der Waals surface area contributed by atoms with E-state index in [1.807, 2.05) is 42.6 Å². The van der Waals surface area contributed by atoms with Crippen LogP contribution in [0.15, 0.2) is 35.7 Å². The van der Waals surface area contributed by atoms with E-state index >= 15 is 0 Å². The number of hydrogen-bond acceptors (Lipinski definition) is 6. The zero-order chi connectivity index (χ0) is 23.1. The van der Waals surface area contributed by atoms with Gasteiger partial charge in [0.15, 0.2) is 11.3 Å². The summed E-state index contributed by atoms with van der Waals surface area (Å²) in [6.45, 7) is 2.20. The molecule has 0 saturated carbocycles. The standard InChI is InChI=1S/C22H27FN4O4S/c1-2-3-10-15(18(23)20(29)26-31)21(30)27-12-7-11-17(27)19(28)25-22-24-16(13-32-22)14-8-5-4-6-9-14/h4-6,8-9,13,15,17-18,31H,2-3,7,10-12H2,1H3,(H,26,29)(H,24,25,28)/t15?,17-,18?/m0/s1. The maximum atomic E-state index is 14.6. The number of rotatable bonds is 9. The Hall–Kier alpha value is -2.85. The van der Waals surface area contributed by atoms with Crippen molar-refractivity contribution in [3.05, 3.63) is 35.7 Å². The first-order valence-corrected chi connectivity index (χ1v) is 11.5. The van der Waals surface area contributed by atoms with Crippen molar-refractivity contribution >= 4 is 34.2 Å². The molecule has 2 aromatic rings. The molecule has 0 aliphatic carbocycles. The number of hydrogen-bond donors (Lipinski definition) is 3. The Bertz CT molecular complexity index is 939. The molecule has 172 valence electrons. The first-order valence-electron chi connectivity index (χ1n) is 10.7. The zero-order valence-corrected chi connectivity index (χ0v) is 18.6. The SMILES string of the molecule is CCCCC(C(=O)N1CCC[C@H]1C(=O)Nc1nc(-c2ccccc2)cs1)C(F)C(=O)NO. The summed E-state index contributed by atoms with van der Waals surface area (Å²) in [5.41, 5.74) is 2.94. The highest BCUT2D eigenvalue weighted by Gasteiger charge is 2.41. The number of likely N-dealkylation sites (tertiary alicyclic amines) is 1. The number of amides is 3. The fourth-order valence-electron chi connectivity index (χ4n) is 3.84. The quantitative estimate of drug-likeness (QED) is 0.391. The third-order valence-electron chi connectivity index (χ3n) is 5.54. The number of thiazole rings is 1. The van der Waals surface area contributed by atoms with Gasteiger partial charge in [-0.3, -0.25) is 19.6 Å². The fraction of sp³-hybridized carbons (Fsp3) is 0.455. The molecule has 0 radical (unpaired) electrons. The van der Waals surface area contributed by atoms with Crippen LogP contribution >= 0.6 is 11.3 Å². The predicted octanol–water partition coefficient (Wildman–Crippen LogP) is 3.39. The van der Waals surface area contributed by atoms with Crippen LogP contribution in [0.1, 0.15) is 39.0 Å². The largest absolute Gasteiger partial charge is 0.330 e. The molecule has 1 saturated heterocycles. The van der Waals surface area contributed by atoms with E-state index in [4.69, 9.17) is 5.21 Å². The summed E-state index contributed by atoms with van der Waals surface area (Å²) >= 11 is 1.28. The van der Waals surface area contributed by atoms with Gasteiger partial charge in [0.05, 0.1) is 11.6 Å². The lowest BCUT2D eigenvalue weighted by Gasteiger charge is -2.29. The first-order chi connectivity index (χ1) is 15.5. The Balaban J connectivity index is 1.70. The summed E-state index contributed by atoms with van der Waals surface area (Å²) < 4.78 is 14.6. The molecule has 10 heteroatoms. The van der Waals surface area contributed by atoms with Crippen LogP contribution in [0, 0.1) is 5.92 Å². The van der Waals surface area contributed by atoms with Gasteiger partial charge in [-0.25, -0.2) is 14.9 Å². The van der Waals surface area contributed by atoms with E-state index in [0.717, 1.165) is 17.7 Å². The molecule has 0 bridgehead atoms. The van der Waals surface area contributed by atoms with E-state index in [0.29, 0.717) is 30.9 Å². The zero-order valence-electron chi connectivity index (χ0n) is 17.8. The molecule has 1 aliphatic heterocycles. The lowest BCUT2D eigenvalue weighted by atomic mass is 9.94. The van der Waals surface area contributed by atoms with Crippen molar-refractivity contribution in [3.63, 3.8) is 0 Å². The monoisotopic (exact) mass is 462 g/mol. The van der Waals surface area contributed by atoms with E-state index in [1.54, 1.807) is 0 Å². The van der Waals surface area contributed by atoms with E-state index in [1.165, 1.54) is 21.7 Å². The number of carbonyl (C=O) groups is 3. The van der Waals surface area contributed by atoms with Crippen LogP contribution in [0.5, 0.6) is 0 Å². The Labute approximate surface area is 189 Å². The summed E-state index contributed by atoms with van der Waals surface area (Å²) in [4.78, 5) is 43.4. The number of aromatic nitrogens is 1. The van der Waals surface area contributed by atoms with Crippen LogP contribution in [-0.2, 0) is 14.4 Å². The Morgan fingerprint density at radius 2 is 2.06 bits per heavy atom. The number of nitrogens with zero attached hydrogens (tertiary/aromatic N) is 2. The summed E-state index contributed by atoms with van der Waals surface area (Å²) in [5.74, 6) is -3.48. The summed E-state index contributed by atoms with van der Waals surface area (Å²) in [6, 6.07) is 8.79. The van der Waals surface area contributed by atoms with Gasteiger partial charge < -0.3 is 10.2 Å². The van der Waals surface area contributed by atoms with Crippen molar-refractivity contribution in [1.82, 2.24) is 15.4 Å². The van der Waals surface area contributed by atoms with Gasteiger partial charge in [0, 0.05) is 17.5 Å². The topological polar surface area (TPSA) is 112 Å². The minimum atomic E-state index is -2.18. The van der Waals surface area contributed by atoms with Gasteiger partial charge in [-0.1, -0.05) is 50.1 Å². The van der Waals surface area contributed by atoms with Crippen molar-refractivity contribution in [1.29, 1.82) is 0 Å². The molecule has 0 spiro atoms. The lowest BCUT2D eigenvalue weighted by molar-refractivity contribution is -0.148. The Morgan fingerprint density at radius 1 is 1.31 bits per heavy atom. The molecule has 2 unspecified atom stereocenters. The van der Waals surface area contributed by atoms with Gasteiger partial charge in [0.1, 0.15) is 6.04 Å². The molecule has 8 nitrogen and oxygen atoms in total. The summed E-state index contributed by atoms with van der Waals surface area (Å²) in [7, 11) is 0. The van der Waals surface area contributed by atoms with Crippen LogP contribution in [0.25, 0.3) is 11.3 Å². The molecule has 2 heterocycles. The van der Waals surface area contributed by atoms with E-state index in [-0.39, 0.29) is 12.3 Å². The van der Waals surface area contributed by atoms with E-state index in [9.17, 15) is 18.8 Å². The second-order valence-electron chi connectivity index (χ2n) is 7.71. The predicted molar refractivity (Wildman–Crippen MR) is 119 cm³/mol. The van der Waals surface area contributed by atoms with Gasteiger partial charge in [-0.15, -0.1) is 11.3 Å². The third kappa shape index (κ3) is 5.49. The van der Waals surface area contributed by atoms with Crippen molar-refractivity contribution in [3.8, 4) is 11.3 Å². The molecule has 3 amide bonds. The highest BCUT2D eigenvalue weighted by Crippen LogP contribution is 2.28. The molecule has 3 rings (SSSR count). The summed E-state index contributed by atoms with van der Waals surface area (Å²) in [5, 5.41) is 13.8. The van der Waals surface area contributed by atoms with Crippen LogP contribution in [0.3, 0.4) is 0 Å². The maximum Gasteiger partial charge on any atom is 0.278 e. The third-order valence-corrected chi connectivity index (χ3v) is 6.30. The second-order valence-corrected chi connectivity index (χ2v) is 8.57. The van der Waals surface area contributed by atoms with Crippen molar-refractivity contribution in [2.24, 2.45) is 5.92 Å². The van der Waals surface area contributed by atoms with Crippen molar-refractivity contribution < 1.29 is 24.0 Å². The smallest absolute Gasteiger partial charge is 0.278 e. The van der Waals surface area contributed by atoms with Crippen molar-refractivity contribution in [2.75, 3.05) is 11.9 Å². The minimum Gasteiger partial charge on any atom is -0.330 e. The molecule has 1 aromatic carbocycles. The average molecular weight is 463 g/mol. The van der Waals surface area contributed by atoms with E-state index in [2.05, 4.69) is 10.3 Å². The number of halogens is 1. The Kier molecular flexibility index (Phi) is 8.29. The molecule has 1 fully saturated rings. The molecular formula is C22H27FN4O4S. The number of nitrogens with one attached hydrogen (secondary N) is 2. The average Bonchev–Trinajstić information content (AvgIpc) is 3.49. The maximum absolute atomic E-state index is 14.6. The molecule has 3 N–H and O–H groups in total. The number of carbonyl (C=O) groups excluding carboxylic acids is 3. The van der Waals surface area contributed by atoms with Crippen LogP contribution < -0.4 is 10.8 Å². The minimum absolute atomic E-state index is 0.154. The Morgan fingerprint density at radius 3 is 2.75 bits per heavy atom. The van der Waals surface area contributed by atoms with Crippen LogP contribution in [0.2, 0.25) is 0 Å². The van der Waals surface area contributed by atoms with Gasteiger partial charge in [0.25, 0.3) is 5.91 Å². The summed E-state index contributed by atoms with van der Waals surface area (Å²) in [6.07, 6.45) is 0.271. The highest BCUT2D eigenvalue weighted by molar-refractivity contribution is 7.14. The fourth-order valence-corrected chi connectivity index (χ4v) is 4.56. The second kappa shape index (κ2) is 11.1. The number of unbranched alkanes of at least 4 members (excludes halogenated alkanes) is 1. The number of anilines is 1. The van der Waals surface area contributed by atoms with Gasteiger partial charge in [-0.2, -0.15) is 0 Å². The normalized spacial score (nSPS) is 17.6. The molecule has 32 heavy (non-hydrogen) atoms. The molecule has 1 aliphatic rings. The molecule has 3 atom stereocenters. The number of benzene rings is 1. The molecule has 1 aromatic heterocycles. The number of hydroxylamine groups is 1. The van der Waals surface area contributed by atoms with Gasteiger partial charge in [-0.05, 0) is 19.3 Å². The highest BCUT2D eigenvalue weighted by atomic mass is 32.1. The van der Waals surface area contributed by atoms with Crippen LogP contribution in [0.4, 0.5) is 9.52 Å². The number of alkyl halides is 1.